The standard InChI is InChI=1S/C18H20N2O3/c1-11(2)20(13(4)21)17-8-6-14(9-12(17)3)16-7-5-15(10-19-16)18(22)23/h5-11H,1-4H3,(H,22,23). The Kier molecular flexibility index (Phi) is 4.79. The van der Waals surface area contributed by atoms with Crippen LogP contribution < -0.4 is 4.90 Å². The average Bonchev–Trinajstić information content (AvgIpc) is 2.48. The molecule has 5 nitrogen and oxygen atoms in total. The quantitative estimate of drug-likeness (QED) is 0.937. The van der Waals surface area contributed by atoms with Gasteiger partial charge < -0.3 is 10.0 Å². The predicted molar refractivity (Wildman–Crippen MR) is 89.7 cm³/mol. The van der Waals surface area contributed by atoms with Gasteiger partial charge in [0, 0.05) is 30.4 Å². The summed E-state index contributed by atoms with van der Waals surface area (Å²) in [6.45, 7) is 7.45. The zero-order valence-electron chi connectivity index (χ0n) is 13.7. The number of carbonyl (C=O) groups is 2. The van der Waals surface area contributed by atoms with Crippen molar-refractivity contribution in [2.24, 2.45) is 0 Å². The lowest BCUT2D eigenvalue weighted by Gasteiger charge is -2.27. The van der Waals surface area contributed by atoms with Crippen molar-refractivity contribution >= 4 is 17.6 Å². The first kappa shape index (κ1) is 16.7. The number of hydrogen-bond donors (Lipinski definition) is 1. The largest absolute Gasteiger partial charge is 0.478 e. The van der Waals surface area contributed by atoms with Crippen LogP contribution in [0.2, 0.25) is 0 Å². The van der Waals surface area contributed by atoms with E-state index in [0.29, 0.717) is 5.69 Å². The highest BCUT2D eigenvalue weighted by Gasteiger charge is 2.17. The van der Waals surface area contributed by atoms with Gasteiger partial charge in [-0.3, -0.25) is 9.78 Å². The normalized spacial score (nSPS) is 10.7. The minimum Gasteiger partial charge on any atom is -0.478 e. The summed E-state index contributed by atoms with van der Waals surface area (Å²) in [6.07, 6.45) is 1.34. The van der Waals surface area contributed by atoms with Crippen molar-refractivity contribution in [3.63, 3.8) is 0 Å². The summed E-state index contributed by atoms with van der Waals surface area (Å²) in [5.41, 5.74) is 3.58. The molecule has 0 aliphatic rings. The Balaban J connectivity index is 2.39. The number of aromatic nitrogens is 1. The topological polar surface area (TPSA) is 70.5 Å². The minimum atomic E-state index is -0.996. The molecule has 0 atom stereocenters. The molecule has 1 aromatic carbocycles. The summed E-state index contributed by atoms with van der Waals surface area (Å²) in [6, 6.07) is 9.04. The zero-order valence-corrected chi connectivity index (χ0v) is 13.7. The van der Waals surface area contributed by atoms with Gasteiger partial charge in [-0.15, -0.1) is 0 Å². The molecule has 0 spiro atoms. The average molecular weight is 312 g/mol. The van der Waals surface area contributed by atoms with E-state index in [1.54, 1.807) is 17.9 Å². The fourth-order valence-corrected chi connectivity index (χ4v) is 2.59. The Bertz CT molecular complexity index is 736. The van der Waals surface area contributed by atoms with Crippen LogP contribution in [-0.2, 0) is 4.79 Å². The number of amides is 1. The van der Waals surface area contributed by atoms with Gasteiger partial charge in [-0.2, -0.15) is 0 Å². The van der Waals surface area contributed by atoms with E-state index in [0.717, 1.165) is 16.8 Å². The van der Waals surface area contributed by atoms with Crippen LogP contribution in [0, 0.1) is 6.92 Å². The summed E-state index contributed by atoms with van der Waals surface area (Å²) >= 11 is 0. The van der Waals surface area contributed by atoms with E-state index in [9.17, 15) is 9.59 Å². The van der Waals surface area contributed by atoms with Crippen LogP contribution >= 0.6 is 0 Å². The van der Waals surface area contributed by atoms with Crippen molar-refractivity contribution < 1.29 is 14.7 Å². The number of pyridine rings is 1. The molecule has 2 aromatic rings. The van der Waals surface area contributed by atoms with Gasteiger partial charge in [0.1, 0.15) is 0 Å². The van der Waals surface area contributed by atoms with Gasteiger partial charge in [-0.25, -0.2) is 4.79 Å². The van der Waals surface area contributed by atoms with Crippen LogP contribution in [0.5, 0.6) is 0 Å². The highest BCUT2D eigenvalue weighted by Crippen LogP contribution is 2.27. The predicted octanol–water partition coefficient (Wildman–Crippen LogP) is 3.52. The summed E-state index contributed by atoms with van der Waals surface area (Å²) in [5, 5.41) is 8.91. The monoisotopic (exact) mass is 312 g/mol. The number of aryl methyl sites for hydroxylation is 1. The molecule has 120 valence electrons. The first-order valence-electron chi connectivity index (χ1n) is 7.41. The molecule has 0 aliphatic carbocycles. The number of carboxylic acids is 1. The number of aromatic carboxylic acids is 1. The van der Waals surface area contributed by atoms with Gasteiger partial charge in [0.2, 0.25) is 5.91 Å². The van der Waals surface area contributed by atoms with Gasteiger partial charge in [-0.05, 0) is 50.6 Å². The molecular weight excluding hydrogens is 292 g/mol. The molecule has 23 heavy (non-hydrogen) atoms. The summed E-state index contributed by atoms with van der Waals surface area (Å²) in [4.78, 5) is 28.7. The van der Waals surface area contributed by atoms with Crippen molar-refractivity contribution in [1.82, 2.24) is 4.98 Å². The number of carboxylic acid groups (broad SMARTS) is 1. The Morgan fingerprint density at radius 2 is 1.87 bits per heavy atom. The number of anilines is 1. The van der Waals surface area contributed by atoms with E-state index in [4.69, 9.17) is 5.11 Å². The summed E-state index contributed by atoms with van der Waals surface area (Å²) < 4.78 is 0. The van der Waals surface area contributed by atoms with Crippen LogP contribution in [0.4, 0.5) is 5.69 Å². The third kappa shape index (κ3) is 3.56. The lowest BCUT2D eigenvalue weighted by Crippen LogP contribution is -2.35. The number of carbonyl (C=O) groups excluding carboxylic acids is 1. The Morgan fingerprint density at radius 1 is 1.17 bits per heavy atom. The third-order valence-corrected chi connectivity index (χ3v) is 3.62. The minimum absolute atomic E-state index is 0.000198. The van der Waals surface area contributed by atoms with Gasteiger partial charge in [0.25, 0.3) is 0 Å². The highest BCUT2D eigenvalue weighted by molar-refractivity contribution is 5.93. The number of hydrogen-bond acceptors (Lipinski definition) is 3. The fraction of sp³-hybridized carbons (Fsp3) is 0.278. The van der Waals surface area contributed by atoms with Crippen LogP contribution in [0.1, 0.15) is 36.7 Å². The van der Waals surface area contributed by atoms with Gasteiger partial charge >= 0.3 is 5.97 Å². The zero-order chi connectivity index (χ0) is 17.1. The Labute approximate surface area is 135 Å². The van der Waals surface area contributed by atoms with Gasteiger partial charge in [-0.1, -0.05) is 6.07 Å². The van der Waals surface area contributed by atoms with Crippen molar-refractivity contribution in [2.75, 3.05) is 4.90 Å². The molecule has 1 aromatic heterocycles. The lowest BCUT2D eigenvalue weighted by molar-refractivity contribution is -0.116. The molecular formula is C18H20N2O3. The molecule has 5 heteroatoms. The van der Waals surface area contributed by atoms with E-state index < -0.39 is 5.97 Å². The van der Waals surface area contributed by atoms with E-state index in [1.807, 2.05) is 39.0 Å². The number of benzene rings is 1. The molecule has 1 N–H and O–H groups in total. The van der Waals surface area contributed by atoms with Crippen LogP contribution in [0.15, 0.2) is 36.5 Å². The molecule has 0 fully saturated rings. The third-order valence-electron chi connectivity index (χ3n) is 3.62. The molecule has 0 aliphatic heterocycles. The summed E-state index contributed by atoms with van der Waals surface area (Å²) in [5.74, 6) is -0.996. The molecule has 0 saturated heterocycles. The molecule has 1 heterocycles. The smallest absolute Gasteiger partial charge is 0.337 e. The maximum Gasteiger partial charge on any atom is 0.337 e. The molecule has 0 bridgehead atoms. The molecule has 0 saturated carbocycles. The number of rotatable bonds is 4. The van der Waals surface area contributed by atoms with E-state index in [2.05, 4.69) is 4.98 Å². The van der Waals surface area contributed by atoms with Gasteiger partial charge in [0.15, 0.2) is 0 Å². The number of nitrogens with zero attached hydrogens (tertiary/aromatic N) is 2. The van der Waals surface area contributed by atoms with Crippen LogP contribution in [0.3, 0.4) is 0 Å². The maximum absolute atomic E-state index is 11.9. The Hall–Kier alpha value is -2.69. The van der Waals surface area contributed by atoms with Crippen molar-refractivity contribution in [3.05, 3.63) is 47.7 Å². The van der Waals surface area contributed by atoms with Crippen LogP contribution in [-0.4, -0.2) is 28.0 Å². The van der Waals surface area contributed by atoms with E-state index >= 15 is 0 Å². The molecule has 0 radical (unpaired) electrons. The second-order valence-electron chi connectivity index (χ2n) is 5.72. The highest BCUT2D eigenvalue weighted by atomic mass is 16.4. The van der Waals surface area contributed by atoms with Crippen molar-refractivity contribution in [2.45, 2.75) is 33.7 Å². The van der Waals surface area contributed by atoms with Crippen molar-refractivity contribution in [3.8, 4) is 11.3 Å². The lowest BCUT2D eigenvalue weighted by atomic mass is 10.0. The maximum atomic E-state index is 11.9. The molecule has 2 rings (SSSR count). The molecule has 0 unspecified atom stereocenters. The van der Waals surface area contributed by atoms with Crippen molar-refractivity contribution in [1.29, 1.82) is 0 Å². The first-order chi connectivity index (χ1) is 10.8. The SMILES string of the molecule is CC(=O)N(c1ccc(-c2ccc(C(=O)O)cn2)cc1C)C(C)C. The molecule has 1 amide bonds. The first-order valence-corrected chi connectivity index (χ1v) is 7.41. The second-order valence-corrected chi connectivity index (χ2v) is 5.72. The Morgan fingerprint density at radius 3 is 2.30 bits per heavy atom. The fourth-order valence-electron chi connectivity index (χ4n) is 2.59. The van der Waals surface area contributed by atoms with Crippen LogP contribution in [0.25, 0.3) is 11.3 Å². The van der Waals surface area contributed by atoms with Gasteiger partial charge in [0.05, 0.1) is 11.3 Å². The second kappa shape index (κ2) is 6.60. The van der Waals surface area contributed by atoms with E-state index in [1.165, 1.54) is 12.3 Å². The van der Waals surface area contributed by atoms with E-state index in [-0.39, 0.29) is 17.5 Å². The summed E-state index contributed by atoms with van der Waals surface area (Å²) in [7, 11) is 0.